The van der Waals surface area contributed by atoms with E-state index in [-0.39, 0.29) is 22.9 Å². The minimum absolute atomic E-state index is 0.0259. The van der Waals surface area contributed by atoms with Crippen molar-refractivity contribution in [3.63, 3.8) is 0 Å². The van der Waals surface area contributed by atoms with Crippen LogP contribution in [0.15, 0.2) is 60.9 Å². The first-order valence-electron chi connectivity index (χ1n) is 8.30. The van der Waals surface area contributed by atoms with Crippen LogP contribution in [0, 0.1) is 10.1 Å². The van der Waals surface area contributed by atoms with Crippen LogP contribution in [-0.2, 0) is 6.54 Å². The van der Waals surface area contributed by atoms with Crippen LogP contribution in [0.25, 0.3) is 0 Å². The lowest BCUT2D eigenvalue weighted by molar-refractivity contribution is -0.383. The van der Waals surface area contributed by atoms with Gasteiger partial charge in [0.25, 0.3) is 0 Å². The summed E-state index contributed by atoms with van der Waals surface area (Å²) in [6.07, 6.45) is 1.25. The van der Waals surface area contributed by atoms with Crippen molar-refractivity contribution in [3.05, 3.63) is 82.2 Å². The summed E-state index contributed by atoms with van der Waals surface area (Å²) >= 11 is 0. The standard InChI is InChI=1S/C19H17N5O4/c1-23(11-13-5-3-2-4-6-13)18-16(24(27)28)17(20-12-21-18)22-15-9-7-14(8-10-15)19(25)26/h2-10,12H,11H2,1H3,(H,25,26)(H,20,21,22). The molecule has 0 saturated heterocycles. The van der Waals surface area contributed by atoms with E-state index in [0.717, 1.165) is 5.56 Å². The Labute approximate surface area is 160 Å². The number of anilines is 3. The van der Waals surface area contributed by atoms with Crippen molar-refractivity contribution in [3.8, 4) is 0 Å². The summed E-state index contributed by atoms with van der Waals surface area (Å²) in [5.74, 6) is -0.851. The smallest absolute Gasteiger partial charge is 0.353 e. The summed E-state index contributed by atoms with van der Waals surface area (Å²) in [5.41, 5.74) is 1.31. The fourth-order valence-electron chi connectivity index (χ4n) is 2.67. The number of hydrogen-bond acceptors (Lipinski definition) is 7. The second-order valence-corrected chi connectivity index (χ2v) is 6.00. The lowest BCUT2D eigenvalue weighted by Gasteiger charge is -2.19. The van der Waals surface area contributed by atoms with Crippen molar-refractivity contribution in [2.75, 3.05) is 17.3 Å². The van der Waals surface area contributed by atoms with Crippen LogP contribution in [-0.4, -0.2) is 33.0 Å². The maximum atomic E-state index is 11.7. The molecule has 2 N–H and O–H groups in total. The number of carboxylic acid groups (broad SMARTS) is 1. The summed E-state index contributed by atoms with van der Waals surface area (Å²) in [4.78, 5) is 31.9. The Morgan fingerprint density at radius 1 is 1.14 bits per heavy atom. The molecule has 28 heavy (non-hydrogen) atoms. The van der Waals surface area contributed by atoms with Crippen LogP contribution in [0.2, 0.25) is 0 Å². The van der Waals surface area contributed by atoms with E-state index in [0.29, 0.717) is 12.2 Å². The molecule has 1 heterocycles. The Morgan fingerprint density at radius 3 is 2.43 bits per heavy atom. The highest BCUT2D eigenvalue weighted by Gasteiger charge is 2.25. The van der Waals surface area contributed by atoms with Gasteiger partial charge >= 0.3 is 11.7 Å². The Hall–Kier alpha value is -4.01. The van der Waals surface area contributed by atoms with Gasteiger partial charge in [-0.1, -0.05) is 30.3 Å². The van der Waals surface area contributed by atoms with E-state index in [2.05, 4.69) is 15.3 Å². The van der Waals surface area contributed by atoms with Crippen LogP contribution in [0.3, 0.4) is 0 Å². The Balaban J connectivity index is 1.90. The van der Waals surface area contributed by atoms with E-state index in [9.17, 15) is 14.9 Å². The third-order valence-electron chi connectivity index (χ3n) is 4.00. The number of carboxylic acids is 1. The van der Waals surface area contributed by atoms with Gasteiger partial charge in [0, 0.05) is 19.3 Å². The maximum absolute atomic E-state index is 11.7. The number of aromatic carboxylic acids is 1. The molecule has 0 aliphatic heterocycles. The molecular formula is C19H17N5O4. The molecule has 0 atom stereocenters. The maximum Gasteiger partial charge on any atom is 0.353 e. The van der Waals surface area contributed by atoms with E-state index in [1.54, 1.807) is 11.9 Å². The summed E-state index contributed by atoms with van der Waals surface area (Å²) in [6.45, 7) is 0.436. The third kappa shape index (κ3) is 4.21. The van der Waals surface area contributed by atoms with Gasteiger partial charge in [0.05, 0.1) is 10.5 Å². The molecular weight excluding hydrogens is 362 g/mol. The summed E-state index contributed by atoms with van der Waals surface area (Å²) < 4.78 is 0. The Kier molecular flexibility index (Phi) is 5.45. The molecule has 0 fully saturated rings. The van der Waals surface area contributed by atoms with E-state index in [1.165, 1.54) is 30.6 Å². The van der Waals surface area contributed by atoms with Gasteiger partial charge in [-0.25, -0.2) is 14.8 Å². The van der Waals surface area contributed by atoms with Crippen LogP contribution in [0.1, 0.15) is 15.9 Å². The van der Waals surface area contributed by atoms with Crippen molar-refractivity contribution < 1.29 is 14.8 Å². The van der Waals surface area contributed by atoms with Crippen molar-refractivity contribution in [2.24, 2.45) is 0 Å². The number of nitrogens with one attached hydrogen (secondary N) is 1. The Bertz CT molecular complexity index is 993. The van der Waals surface area contributed by atoms with Crippen molar-refractivity contribution in [2.45, 2.75) is 6.54 Å². The molecule has 0 spiro atoms. The first-order chi connectivity index (χ1) is 13.5. The molecule has 2 aromatic carbocycles. The zero-order valence-corrected chi connectivity index (χ0v) is 14.9. The Morgan fingerprint density at radius 2 is 1.82 bits per heavy atom. The zero-order chi connectivity index (χ0) is 20.1. The fourth-order valence-corrected chi connectivity index (χ4v) is 2.67. The van der Waals surface area contributed by atoms with E-state index in [4.69, 9.17) is 5.11 Å². The van der Waals surface area contributed by atoms with Gasteiger partial charge in [0.15, 0.2) is 0 Å². The van der Waals surface area contributed by atoms with Crippen molar-refractivity contribution in [1.29, 1.82) is 0 Å². The quantitative estimate of drug-likeness (QED) is 0.473. The molecule has 0 bridgehead atoms. The minimum Gasteiger partial charge on any atom is -0.478 e. The van der Waals surface area contributed by atoms with Gasteiger partial charge in [-0.3, -0.25) is 10.1 Å². The predicted molar refractivity (Wildman–Crippen MR) is 104 cm³/mol. The molecule has 3 rings (SSSR count). The highest BCUT2D eigenvalue weighted by atomic mass is 16.6. The second-order valence-electron chi connectivity index (χ2n) is 6.00. The van der Waals surface area contributed by atoms with E-state index < -0.39 is 10.9 Å². The highest BCUT2D eigenvalue weighted by Crippen LogP contribution is 2.33. The fraction of sp³-hybridized carbons (Fsp3) is 0.105. The third-order valence-corrected chi connectivity index (χ3v) is 4.00. The largest absolute Gasteiger partial charge is 0.478 e. The van der Waals surface area contributed by atoms with Crippen LogP contribution in [0.5, 0.6) is 0 Å². The number of rotatable bonds is 7. The predicted octanol–water partition coefficient (Wildman–Crippen LogP) is 3.46. The molecule has 0 amide bonds. The number of aromatic nitrogens is 2. The van der Waals surface area contributed by atoms with E-state index >= 15 is 0 Å². The molecule has 0 radical (unpaired) electrons. The molecule has 9 heteroatoms. The number of hydrogen-bond donors (Lipinski definition) is 2. The topological polar surface area (TPSA) is 121 Å². The second kappa shape index (κ2) is 8.12. The average molecular weight is 379 g/mol. The zero-order valence-electron chi connectivity index (χ0n) is 14.9. The number of benzene rings is 2. The SMILES string of the molecule is CN(Cc1ccccc1)c1ncnc(Nc2ccc(C(=O)O)cc2)c1[N+](=O)[O-]. The average Bonchev–Trinajstić information content (AvgIpc) is 2.68. The van der Waals surface area contributed by atoms with Gasteiger partial charge in [-0.2, -0.15) is 0 Å². The van der Waals surface area contributed by atoms with Crippen LogP contribution < -0.4 is 10.2 Å². The molecule has 0 aliphatic carbocycles. The van der Waals surface area contributed by atoms with Gasteiger partial charge in [0.1, 0.15) is 6.33 Å². The van der Waals surface area contributed by atoms with Crippen molar-refractivity contribution in [1.82, 2.24) is 9.97 Å². The normalized spacial score (nSPS) is 10.3. The molecule has 0 unspecified atom stereocenters. The van der Waals surface area contributed by atoms with Gasteiger partial charge in [0.2, 0.25) is 11.6 Å². The summed E-state index contributed by atoms with van der Waals surface area (Å²) in [7, 11) is 1.72. The number of nitro groups is 1. The van der Waals surface area contributed by atoms with Crippen LogP contribution >= 0.6 is 0 Å². The van der Waals surface area contributed by atoms with Gasteiger partial charge < -0.3 is 15.3 Å². The molecule has 1 aromatic heterocycles. The number of nitrogens with zero attached hydrogens (tertiary/aromatic N) is 4. The molecule has 142 valence electrons. The summed E-state index contributed by atoms with van der Waals surface area (Å²) in [6, 6.07) is 15.4. The van der Waals surface area contributed by atoms with Gasteiger partial charge in [-0.05, 0) is 29.8 Å². The molecule has 0 aliphatic rings. The molecule has 3 aromatic rings. The first-order valence-corrected chi connectivity index (χ1v) is 8.30. The lowest BCUT2D eigenvalue weighted by Crippen LogP contribution is -2.20. The molecule has 9 nitrogen and oxygen atoms in total. The monoisotopic (exact) mass is 379 g/mol. The molecule has 0 saturated carbocycles. The van der Waals surface area contributed by atoms with Crippen molar-refractivity contribution >= 4 is 29.0 Å². The van der Waals surface area contributed by atoms with E-state index in [1.807, 2.05) is 30.3 Å². The highest BCUT2D eigenvalue weighted by molar-refractivity contribution is 5.88. The minimum atomic E-state index is -1.05. The number of carbonyl (C=O) groups is 1. The summed E-state index contributed by atoms with van der Waals surface area (Å²) in [5, 5.41) is 23.5. The van der Waals surface area contributed by atoms with Crippen LogP contribution in [0.4, 0.5) is 23.0 Å². The lowest BCUT2D eigenvalue weighted by atomic mass is 10.2. The van der Waals surface area contributed by atoms with Gasteiger partial charge in [-0.15, -0.1) is 0 Å². The first kappa shape index (κ1) is 18.8.